The van der Waals surface area contributed by atoms with Crippen molar-refractivity contribution in [2.24, 2.45) is 0 Å². The van der Waals surface area contributed by atoms with Crippen LogP contribution in [0.3, 0.4) is 0 Å². The van der Waals surface area contributed by atoms with E-state index in [4.69, 9.17) is 5.11 Å². The average molecular weight is 182 g/mol. The highest BCUT2D eigenvalue weighted by Crippen LogP contribution is 2.02. The first-order valence-electron chi connectivity index (χ1n) is 3.84. The molecule has 1 aromatic rings. The van der Waals surface area contributed by atoms with E-state index in [1.165, 1.54) is 4.68 Å². The molecule has 1 N–H and O–H groups in total. The molecular formula is C8H10N2O3. The molecule has 0 saturated heterocycles. The fraction of sp³-hybridized carbons (Fsp3) is 0.375. The monoisotopic (exact) mass is 182 g/mol. The molecule has 0 unspecified atom stereocenters. The Bertz CT molecular complexity index is 330. The van der Waals surface area contributed by atoms with Crippen LogP contribution in [0.2, 0.25) is 0 Å². The van der Waals surface area contributed by atoms with Gasteiger partial charge in [-0.2, -0.15) is 5.10 Å². The molecule has 0 fully saturated rings. The molecule has 0 aliphatic carbocycles. The highest BCUT2D eigenvalue weighted by Gasteiger charge is 2.04. The molecule has 70 valence electrons. The molecule has 0 aromatic carbocycles. The summed E-state index contributed by atoms with van der Waals surface area (Å²) in [5, 5.41) is 12.3. The number of hydrogen-bond acceptors (Lipinski definition) is 3. The highest BCUT2D eigenvalue weighted by molar-refractivity contribution is 5.73. The largest absolute Gasteiger partial charge is 0.481 e. The van der Waals surface area contributed by atoms with Crippen LogP contribution >= 0.6 is 0 Å². The molecule has 5 nitrogen and oxygen atoms in total. The fourth-order valence-corrected chi connectivity index (χ4v) is 0.977. The van der Waals surface area contributed by atoms with E-state index in [0.717, 1.165) is 5.56 Å². The van der Waals surface area contributed by atoms with Crippen LogP contribution in [0.4, 0.5) is 0 Å². The maximum atomic E-state index is 10.4. The summed E-state index contributed by atoms with van der Waals surface area (Å²) in [6.07, 6.45) is 2.33. The smallest absolute Gasteiger partial charge is 0.305 e. The van der Waals surface area contributed by atoms with Gasteiger partial charge in [0.1, 0.15) is 5.69 Å². The second-order valence-electron chi connectivity index (χ2n) is 2.72. The van der Waals surface area contributed by atoms with E-state index in [0.29, 0.717) is 18.5 Å². The SMILES string of the molecule is Cc1cn(CCC(=O)O)nc1C=O. The summed E-state index contributed by atoms with van der Waals surface area (Å²) in [5.41, 5.74) is 1.13. The first-order chi connectivity index (χ1) is 6.13. The molecule has 0 saturated carbocycles. The van der Waals surface area contributed by atoms with Crippen LogP contribution in [0, 0.1) is 6.92 Å². The number of carbonyl (C=O) groups excluding carboxylic acids is 1. The number of aryl methyl sites for hydroxylation is 2. The van der Waals surface area contributed by atoms with Crippen molar-refractivity contribution < 1.29 is 14.7 Å². The lowest BCUT2D eigenvalue weighted by Gasteiger charge is -1.95. The van der Waals surface area contributed by atoms with E-state index in [2.05, 4.69) is 5.10 Å². The Labute approximate surface area is 75.0 Å². The Hall–Kier alpha value is -1.65. The molecule has 0 spiro atoms. The van der Waals surface area contributed by atoms with Crippen molar-refractivity contribution in [2.45, 2.75) is 19.9 Å². The number of carboxylic acids is 1. The minimum absolute atomic E-state index is 0.0133. The number of carbonyl (C=O) groups is 2. The van der Waals surface area contributed by atoms with Gasteiger partial charge in [0.15, 0.2) is 6.29 Å². The Balaban J connectivity index is 2.68. The number of aliphatic carboxylic acids is 1. The minimum Gasteiger partial charge on any atom is -0.481 e. The van der Waals surface area contributed by atoms with Crippen LogP contribution in [0.5, 0.6) is 0 Å². The lowest BCUT2D eigenvalue weighted by molar-refractivity contribution is -0.137. The summed E-state index contributed by atoms with van der Waals surface area (Å²) in [7, 11) is 0. The molecular weight excluding hydrogens is 172 g/mol. The molecule has 0 amide bonds. The second-order valence-corrected chi connectivity index (χ2v) is 2.72. The quantitative estimate of drug-likeness (QED) is 0.687. The van der Waals surface area contributed by atoms with Gasteiger partial charge in [0.25, 0.3) is 0 Å². The Morgan fingerprint density at radius 3 is 2.92 bits per heavy atom. The summed E-state index contributed by atoms with van der Waals surface area (Å²) in [6.45, 7) is 2.05. The summed E-state index contributed by atoms with van der Waals surface area (Å²) >= 11 is 0. The number of aromatic nitrogens is 2. The standard InChI is InChI=1S/C8H10N2O3/c1-6-4-10(3-2-8(12)13)9-7(6)5-11/h4-5H,2-3H2,1H3,(H,12,13). The lowest BCUT2D eigenvalue weighted by Crippen LogP contribution is -2.05. The van der Waals surface area contributed by atoms with Crippen molar-refractivity contribution in [1.29, 1.82) is 0 Å². The maximum Gasteiger partial charge on any atom is 0.305 e. The average Bonchev–Trinajstić information content (AvgIpc) is 2.43. The van der Waals surface area contributed by atoms with Crippen molar-refractivity contribution in [1.82, 2.24) is 9.78 Å². The van der Waals surface area contributed by atoms with Crippen molar-refractivity contribution in [3.63, 3.8) is 0 Å². The van der Waals surface area contributed by atoms with Crippen molar-refractivity contribution >= 4 is 12.3 Å². The van der Waals surface area contributed by atoms with E-state index >= 15 is 0 Å². The van der Waals surface area contributed by atoms with E-state index in [1.807, 2.05) is 0 Å². The Morgan fingerprint density at radius 1 is 1.77 bits per heavy atom. The summed E-state index contributed by atoms with van der Waals surface area (Å²) in [5.74, 6) is -0.874. The predicted octanol–water partition coefficient (Wildman–Crippen LogP) is 0.479. The zero-order valence-electron chi connectivity index (χ0n) is 7.23. The third-order valence-corrected chi connectivity index (χ3v) is 1.65. The molecule has 0 bridgehead atoms. The maximum absolute atomic E-state index is 10.4. The molecule has 0 atom stereocenters. The Kier molecular flexibility index (Phi) is 2.79. The molecule has 1 rings (SSSR count). The number of hydrogen-bond donors (Lipinski definition) is 1. The molecule has 0 aliphatic heterocycles. The minimum atomic E-state index is -0.874. The Morgan fingerprint density at radius 2 is 2.46 bits per heavy atom. The van der Waals surface area contributed by atoms with Crippen LogP contribution in [0.15, 0.2) is 6.20 Å². The number of aldehydes is 1. The zero-order chi connectivity index (χ0) is 9.84. The third-order valence-electron chi connectivity index (χ3n) is 1.65. The zero-order valence-corrected chi connectivity index (χ0v) is 7.23. The first kappa shape index (κ1) is 9.44. The van der Waals surface area contributed by atoms with Crippen LogP contribution < -0.4 is 0 Å². The van der Waals surface area contributed by atoms with Gasteiger partial charge in [-0.05, 0) is 12.5 Å². The normalized spacial score (nSPS) is 9.92. The van der Waals surface area contributed by atoms with Gasteiger partial charge >= 0.3 is 5.97 Å². The van der Waals surface area contributed by atoms with Gasteiger partial charge in [-0.1, -0.05) is 0 Å². The molecule has 13 heavy (non-hydrogen) atoms. The summed E-state index contributed by atoms with van der Waals surface area (Å²) in [6, 6.07) is 0. The van der Waals surface area contributed by atoms with Gasteiger partial charge in [-0.25, -0.2) is 0 Å². The number of nitrogens with zero attached hydrogens (tertiary/aromatic N) is 2. The molecule has 5 heteroatoms. The lowest BCUT2D eigenvalue weighted by atomic mass is 10.3. The number of rotatable bonds is 4. The second kappa shape index (κ2) is 3.84. The van der Waals surface area contributed by atoms with E-state index in [9.17, 15) is 9.59 Å². The van der Waals surface area contributed by atoms with Crippen LogP contribution in [0.1, 0.15) is 22.5 Å². The van der Waals surface area contributed by atoms with Crippen LogP contribution in [-0.2, 0) is 11.3 Å². The predicted molar refractivity (Wildman–Crippen MR) is 44.6 cm³/mol. The summed E-state index contributed by atoms with van der Waals surface area (Å²) < 4.78 is 1.47. The van der Waals surface area contributed by atoms with Crippen LogP contribution in [0.25, 0.3) is 0 Å². The van der Waals surface area contributed by atoms with Crippen molar-refractivity contribution in [2.75, 3.05) is 0 Å². The van der Waals surface area contributed by atoms with Crippen molar-refractivity contribution in [3.8, 4) is 0 Å². The van der Waals surface area contributed by atoms with E-state index < -0.39 is 5.97 Å². The molecule has 1 aromatic heterocycles. The van der Waals surface area contributed by atoms with Gasteiger partial charge in [0.05, 0.1) is 13.0 Å². The topological polar surface area (TPSA) is 72.2 Å². The van der Waals surface area contributed by atoms with E-state index in [-0.39, 0.29) is 6.42 Å². The van der Waals surface area contributed by atoms with E-state index in [1.54, 1.807) is 13.1 Å². The van der Waals surface area contributed by atoms with Crippen molar-refractivity contribution in [3.05, 3.63) is 17.5 Å². The highest BCUT2D eigenvalue weighted by atomic mass is 16.4. The third kappa shape index (κ3) is 2.40. The number of carboxylic acid groups (broad SMARTS) is 1. The van der Waals surface area contributed by atoms with Crippen LogP contribution in [-0.4, -0.2) is 27.1 Å². The van der Waals surface area contributed by atoms with Gasteiger partial charge in [-0.15, -0.1) is 0 Å². The molecule has 0 aliphatic rings. The van der Waals surface area contributed by atoms with Gasteiger partial charge < -0.3 is 5.11 Å². The molecule has 1 heterocycles. The van der Waals surface area contributed by atoms with Gasteiger partial charge in [0.2, 0.25) is 0 Å². The van der Waals surface area contributed by atoms with Gasteiger partial charge in [-0.3, -0.25) is 14.3 Å². The van der Waals surface area contributed by atoms with Gasteiger partial charge in [0, 0.05) is 6.20 Å². The first-order valence-corrected chi connectivity index (χ1v) is 3.84. The fourth-order valence-electron chi connectivity index (χ4n) is 0.977. The summed E-state index contributed by atoms with van der Waals surface area (Å²) in [4.78, 5) is 20.6. The molecule has 0 radical (unpaired) electrons.